The number of thiazole rings is 1. The monoisotopic (exact) mass is 269 g/mol. The largest absolute Gasteiger partial charge is 0.396 e. The van der Waals surface area contributed by atoms with Crippen LogP contribution in [0.25, 0.3) is 0 Å². The predicted molar refractivity (Wildman–Crippen MR) is 70.4 cm³/mol. The van der Waals surface area contributed by atoms with E-state index in [4.69, 9.17) is 10.8 Å². The van der Waals surface area contributed by atoms with Crippen molar-refractivity contribution in [2.24, 2.45) is 11.1 Å². The molecule has 4 N–H and O–H groups in total. The maximum absolute atomic E-state index is 11.9. The molecule has 1 atom stereocenters. The molecule has 0 saturated heterocycles. The Bertz CT molecular complexity index is 427. The highest BCUT2D eigenvalue weighted by atomic mass is 32.1. The highest BCUT2D eigenvalue weighted by Crippen LogP contribution is 2.47. The lowest BCUT2D eigenvalue weighted by Gasteiger charge is -2.13. The second-order valence-corrected chi connectivity index (χ2v) is 5.91. The van der Waals surface area contributed by atoms with Gasteiger partial charge in [-0.05, 0) is 31.6 Å². The Kier molecular flexibility index (Phi) is 3.99. The number of carbonyl (C=O) groups excluding carboxylic acids is 1. The minimum Gasteiger partial charge on any atom is -0.396 e. The second kappa shape index (κ2) is 5.34. The summed E-state index contributed by atoms with van der Waals surface area (Å²) in [5, 5.41) is 14.4. The van der Waals surface area contributed by atoms with Gasteiger partial charge in [0.2, 0.25) is 0 Å². The van der Waals surface area contributed by atoms with Crippen LogP contribution in [0.5, 0.6) is 0 Å². The lowest BCUT2D eigenvalue weighted by molar-refractivity contribution is 0.0936. The fourth-order valence-corrected chi connectivity index (χ4v) is 2.65. The molecule has 0 bridgehead atoms. The maximum atomic E-state index is 11.9. The number of aliphatic hydroxyl groups excluding tert-OH is 1. The number of nitrogens with one attached hydrogen (secondary N) is 1. The molecule has 0 spiro atoms. The highest BCUT2D eigenvalue weighted by molar-refractivity contribution is 7.09. The van der Waals surface area contributed by atoms with Gasteiger partial charge < -0.3 is 16.2 Å². The molecule has 1 saturated carbocycles. The normalized spacial score (nSPS) is 18.4. The summed E-state index contributed by atoms with van der Waals surface area (Å²) in [4.78, 5) is 16.1. The number of hydrogen-bond donors (Lipinski definition) is 3. The third-order valence-electron chi connectivity index (χ3n) is 3.37. The van der Waals surface area contributed by atoms with E-state index in [0.717, 1.165) is 24.3 Å². The van der Waals surface area contributed by atoms with E-state index < -0.39 is 0 Å². The van der Waals surface area contributed by atoms with Crippen LogP contribution in [0.15, 0.2) is 5.38 Å². The van der Waals surface area contributed by atoms with E-state index in [2.05, 4.69) is 10.3 Å². The summed E-state index contributed by atoms with van der Waals surface area (Å²) >= 11 is 1.41. The topological polar surface area (TPSA) is 88.2 Å². The van der Waals surface area contributed by atoms with E-state index >= 15 is 0 Å². The molecule has 5 nitrogen and oxygen atoms in total. The number of amides is 1. The van der Waals surface area contributed by atoms with E-state index in [1.807, 2.05) is 6.92 Å². The van der Waals surface area contributed by atoms with Crippen molar-refractivity contribution in [3.8, 4) is 0 Å². The van der Waals surface area contributed by atoms with Gasteiger partial charge in [-0.15, -0.1) is 11.3 Å². The summed E-state index contributed by atoms with van der Waals surface area (Å²) in [6, 6.07) is -0.138. The molecule has 0 aromatic carbocycles. The third kappa shape index (κ3) is 3.07. The average Bonchev–Trinajstić information content (AvgIpc) is 2.92. The van der Waals surface area contributed by atoms with Crippen LogP contribution in [0.3, 0.4) is 0 Å². The standard InChI is InChI=1S/C12H19N3O2S/c1-8(13)11-15-9(6-18-11)10(17)14-7-12(2-3-12)4-5-16/h6,8,16H,2-5,7,13H2,1H3,(H,14,17). The molecule has 18 heavy (non-hydrogen) atoms. The Morgan fingerprint density at radius 2 is 2.44 bits per heavy atom. The molecule has 2 rings (SSSR count). The van der Waals surface area contributed by atoms with E-state index in [1.54, 1.807) is 5.38 Å². The van der Waals surface area contributed by atoms with Crippen LogP contribution in [-0.2, 0) is 0 Å². The van der Waals surface area contributed by atoms with Gasteiger partial charge in [0.15, 0.2) is 0 Å². The second-order valence-electron chi connectivity index (χ2n) is 5.02. The first-order valence-corrected chi connectivity index (χ1v) is 7.04. The summed E-state index contributed by atoms with van der Waals surface area (Å²) in [5.74, 6) is -0.151. The van der Waals surface area contributed by atoms with E-state index in [9.17, 15) is 4.79 Å². The molecule has 1 fully saturated rings. The molecule has 1 aromatic heterocycles. The fraction of sp³-hybridized carbons (Fsp3) is 0.667. The van der Waals surface area contributed by atoms with Gasteiger partial charge in [-0.2, -0.15) is 0 Å². The number of nitrogens with two attached hydrogens (primary N) is 1. The summed E-state index contributed by atoms with van der Waals surface area (Å²) in [5.41, 5.74) is 6.27. The van der Waals surface area contributed by atoms with Crippen molar-refractivity contribution >= 4 is 17.2 Å². The first kappa shape index (κ1) is 13.5. The molecule has 1 aliphatic rings. The molecule has 0 aliphatic heterocycles. The highest BCUT2D eigenvalue weighted by Gasteiger charge is 2.41. The van der Waals surface area contributed by atoms with Crippen LogP contribution in [0, 0.1) is 5.41 Å². The van der Waals surface area contributed by atoms with Gasteiger partial charge in [0.1, 0.15) is 10.7 Å². The SMILES string of the molecule is CC(N)c1nc(C(=O)NCC2(CCO)CC2)cs1. The zero-order valence-electron chi connectivity index (χ0n) is 10.5. The van der Waals surface area contributed by atoms with Crippen molar-refractivity contribution in [2.75, 3.05) is 13.2 Å². The molecule has 1 aromatic rings. The molecule has 100 valence electrons. The van der Waals surface area contributed by atoms with Crippen LogP contribution >= 0.6 is 11.3 Å². The molecule has 1 amide bonds. The van der Waals surface area contributed by atoms with Crippen LogP contribution in [0.1, 0.15) is 47.7 Å². The minimum absolute atomic E-state index is 0.129. The summed E-state index contributed by atoms with van der Waals surface area (Å²) < 4.78 is 0. The van der Waals surface area contributed by atoms with Crippen LogP contribution in [0.2, 0.25) is 0 Å². The van der Waals surface area contributed by atoms with Crippen LogP contribution in [0.4, 0.5) is 0 Å². The zero-order chi connectivity index (χ0) is 13.2. The van der Waals surface area contributed by atoms with Gasteiger partial charge in [0.05, 0.1) is 6.04 Å². The third-order valence-corrected chi connectivity index (χ3v) is 4.41. The average molecular weight is 269 g/mol. The smallest absolute Gasteiger partial charge is 0.270 e. The van der Waals surface area contributed by atoms with Gasteiger partial charge >= 0.3 is 0 Å². The van der Waals surface area contributed by atoms with E-state index in [-0.39, 0.29) is 24.0 Å². The lowest BCUT2D eigenvalue weighted by atomic mass is 10.0. The summed E-state index contributed by atoms with van der Waals surface area (Å²) in [6.07, 6.45) is 2.92. The predicted octanol–water partition coefficient (Wildman–Crippen LogP) is 1.06. The Labute approximate surface area is 110 Å². The first-order valence-electron chi connectivity index (χ1n) is 6.16. The number of aromatic nitrogens is 1. The summed E-state index contributed by atoms with van der Waals surface area (Å²) in [6.45, 7) is 2.65. The van der Waals surface area contributed by atoms with Gasteiger partial charge in [-0.3, -0.25) is 4.79 Å². The van der Waals surface area contributed by atoms with E-state index in [1.165, 1.54) is 11.3 Å². The maximum Gasteiger partial charge on any atom is 0.270 e. The Morgan fingerprint density at radius 3 is 2.94 bits per heavy atom. The van der Waals surface area contributed by atoms with Crippen molar-refractivity contribution in [1.82, 2.24) is 10.3 Å². The lowest BCUT2D eigenvalue weighted by Crippen LogP contribution is -2.31. The van der Waals surface area contributed by atoms with Gasteiger partial charge in [0.25, 0.3) is 5.91 Å². The molecular weight excluding hydrogens is 250 g/mol. The summed E-state index contributed by atoms with van der Waals surface area (Å²) in [7, 11) is 0. The molecule has 1 aliphatic carbocycles. The Morgan fingerprint density at radius 1 is 1.72 bits per heavy atom. The van der Waals surface area contributed by atoms with Gasteiger partial charge in [-0.25, -0.2) is 4.98 Å². The quantitative estimate of drug-likeness (QED) is 0.720. The number of aliphatic hydroxyl groups is 1. The first-order chi connectivity index (χ1) is 8.56. The molecule has 1 heterocycles. The van der Waals surface area contributed by atoms with Crippen molar-refractivity contribution in [1.29, 1.82) is 0 Å². The fourth-order valence-electron chi connectivity index (χ4n) is 1.89. The molecule has 6 heteroatoms. The number of hydrogen-bond acceptors (Lipinski definition) is 5. The number of carbonyl (C=O) groups is 1. The minimum atomic E-state index is -0.151. The van der Waals surface area contributed by atoms with Crippen molar-refractivity contribution in [2.45, 2.75) is 32.2 Å². The van der Waals surface area contributed by atoms with Crippen molar-refractivity contribution in [3.63, 3.8) is 0 Å². The number of nitrogens with zero attached hydrogens (tertiary/aromatic N) is 1. The zero-order valence-corrected chi connectivity index (χ0v) is 11.3. The number of rotatable bonds is 6. The van der Waals surface area contributed by atoms with Gasteiger partial charge in [0, 0.05) is 18.5 Å². The molecule has 0 radical (unpaired) electrons. The Hall–Kier alpha value is -0.980. The van der Waals surface area contributed by atoms with Crippen LogP contribution in [-0.4, -0.2) is 29.1 Å². The van der Waals surface area contributed by atoms with Crippen LogP contribution < -0.4 is 11.1 Å². The molecule has 1 unspecified atom stereocenters. The van der Waals surface area contributed by atoms with Crippen molar-refractivity contribution < 1.29 is 9.90 Å². The van der Waals surface area contributed by atoms with Crippen molar-refractivity contribution in [3.05, 3.63) is 16.1 Å². The Balaban J connectivity index is 1.87. The van der Waals surface area contributed by atoms with E-state index in [0.29, 0.717) is 12.2 Å². The van der Waals surface area contributed by atoms with Gasteiger partial charge in [-0.1, -0.05) is 0 Å². The molecular formula is C12H19N3O2S.